The zero-order valence-corrected chi connectivity index (χ0v) is 14.1. The molecule has 3 nitrogen and oxygen atoms in total. The molecule has 0 radical (unpaired) electrons. The van der Waals surface area contributed by atoms with Gasteiger partial charge in [0.2, 0.25) is 0 Å². The molecular formula is C20H29NO2. The van der Waals surface area contributed by atoms with Crippen molar-refractivity contribution in [3.05, 3.63) is 29.8 Å². The van der Waals surface area contributed by atoms with Crippen LogP contribution < -0.4 is 10.1 Å². The van der Waals surface area contributed by atoms with Crippen molar-refractivity contribution in [2.45, 2.75) is 57.1 Å². The van der Waals surface area contributed by atoms with Crippen LogP contribution in [0, 0.1) is 24.7 Å². The second-order valence-electron chi connectivity index (χ2n) is 8.36. The summed E-state index contributed by atoms with van der Waals surface area (Å²) in [5.41, 5.74) is 1.54. The summed E-state index contributed by atoms with van der Waals surface area (Å²) in [6.45, 7) is 3.08. The van der Waals surface area contributed by atoms with Gasteiger partial charge in [0.1, 0.15) is 18.5 Å². The third-order valence-electron chi connectivity index (χ3n) is 6.21. The van der Waals surface area contributed by atoms with Crippen molar-refractivity contribution in [1.82, 2.24) is 5.32 Å². The average molecular weight is 315 g/mol. The molecule has 23 heavy (non-hydrogen) atoms. The third-order valence-corrected chi connectivity index (χ3v) is 6.21. The largest absolute Gasteiger partial charge is 0.491 e. The highest BCUT2D eigenvalue weighted by molar-refractivity contribution is 5.26. The maximum Gasteiger partial charge on any atom is 0.119 e. The van der Waals surface area contributed by atoms with Crippen LogP contribution in [0.5, 0.6) is 5.75 Å². The number of aliphatic hydroxyl groups excluding tert-OH is 1. The van der Waals surface area contributed by atoms with Gasteiger partial charge in [-0.15, -0.1) is 0 Å². The van der Waals surface area contributed by atoms with Gasteiger partial charge in [0.15, 0.2) is 0 Å². The van der Waals surface area contributed by atoms with Crippen LogP contribution in [0.4, 0.5) is 0 Å². The normalized spacial score (nSPS) is 36.2. The highest BCUT2D eigenvalue weighted by Gasteiger charge is 2.50. The molecule has 1 atom stereocenters. The molecular weight excluding hydrogens is 286 g/mol. The molecule has 4 bridgehead atoms. The Kier molecular flexibility index (Phi) is 4.10. The number of hydrogen-bond acceptors (Lipinski definition) is 3. The number of nitrogens with one attached hydrogen (secondary N) is 1. The van der Waals surface area contributed by atoms with Gasteiger partial charge in [-0.2, -0.15) is 0 Å². The van der Waals surface area contributed by atoms with E-state index in [0.29, 0.717) is 18.7 Å². The van der Waals surface area contributed by atoms with Gasteiger partial charge in [-0.3, -0.25) is 0 Å². The summed E-state index contributed by atoms with van der Waals surface area (Å²) >= 11 is 0. The molecule has 1 aromatic carbocycles. The number of hydrogen-bond donors (Lipinski definition) is 2. The molecule has 0 saturated heterocycles. The van der Waals surface area contributed by atoms with Gasteiger partial charge >= 0.3 is 0 Å². The Labute approximate surface area is 139 Å². The van der Waals surface area contributed by atoms with Crippen molar-refractivity contribution < 1.29 is 9.84 Å². The Hall–Kier alpha value is -1.06. The maximum absolute atomic E-state index is 10.3. The van der Waals surface area contributed by atoms with Crippen molar-refractivity contribution in [3.63, 3.8) is 0 Å². The van der Waals surface area contributed by atoms with Gasteiger partial charge in [-0.05, 0) is 75.3 Å². The van der Waals surface area contributed by atoms with Gasteiger partial charge in [0.05, 0.1) is 0 Å². The van der Waals surface area contributed by atoms with E-state index in [-0.39, 0.29) is 0 Å². The van der Waals surface area contributed by atoms with E-state index in [4.69, 9.17) is 4.74 Å². The van der Waals surface area contributed by atoms with E-state index in [0.717, 1.165) is 23.5 Å². The Morgan fingerprint density at radius 2 is 1.65 bits per heavy atom. The lowest BCUT2D eigenvalue weighted by molar-refractivity contribution is -0.0266. The van der Waals surface area contributed by atoms with Crippen LogP contribution in [0.1, 0.15) is 44.1 Å². The molecule has 0 heterocycles. The average Bonchev–Trinajstić information content (AvgIpc) is 2.51. The summed E-state index contributed by atoms with van der Waals surface area (Å²) in [5, 5.41) is 14.0. The van der Waals surface area contributed by atoms with Gasteiger partial charge < -0.3 is 15.2 Å². The number of benzene rings is 1. The first kappa shape index (κ1) is 15.5. The number of aliphatic hydroxyl groups is 1. The molecule has 1 unspecified atom stereocenters. The van der Waals surface area contributed by atoms with E-state index < -0.39 is 6.10 Å². The van der Waals surface area contributed by atoms with E-state index in [1.54, 1.807) is 0 Å². The van der Waals surface area contributed by atoms with E-state index in [1.807, 2.05) is 24.3 Å². The number of aryl methyl sites for hydroxylation is 1. The van der Waals surface area contributed by atoms with Crippen LogP contribution in [-0.2, 0) is 0 Å². The second-order valence-corrected chi connectivity index (χ2v) is 8.36. The third kappa shape index (κ3) is 3.41. The molecule has 0 amide bonds. The van der Waals surface area contributed by atoms with Gasteiger partial charge in [-0.25, -0.2) is 0 Å². The van der Waals surface area contributed by atoms with Crippen molar-refractivity contribution in [3.8, 4) is 5.75 Å². The summed E-state index contributed by atoms with van der Waals surface area (Å²) in [5.74, 6) is 3.66. The van der Waals surface area contributed by atoms with E-state index in [9.17, 15) is 5.11 Å². The fourth-order valence-electron chi connectivity index (χ4n) is 5.55. The quantitative estimate of drug-likeness (QED) is 0.846. The Morgan fingerprint density at radius 3 is 2.22 bits per heavy atom. The fourth-order valence-corrected chi connectivity index (χ4v) is 5.55. The number of β-amino-alcohol motifs (C(OH)–C–C–N with tert-alkyl or cyclic N) is 1. The van der Waals surface area contributed by atoms with Gasteiger partial charge in [0.25, 0.3) is 0 Å². The van der Waals surface area contributed by atoms with Crippen LogP contribution in [-0.4, -0.2) is 29.9 Å². The molecule has 4 aliphatic rings. The maximum atomic E-state index is 10.3. The first-order chi connectivity index (χ1) is 11.1. The molecule has 5 rings (SSSR count). The van der Waals surface area contributed by atoms with Crippen LogP contribution >= 0.6 is 0 Å². The van der Waals surface area contributed by atoms with Crippen LogP contribution in [0.25, 0.3) is 0 Å². The predicted octanol–water partition coefficient (Wildman–Crippen LogP) is 3.29. The van der Waals surface area contributed by atoms with E-state index in [1.165, 1.54) is 44.1 Å². The molecule has 4 fully saturated rings. The highest BCUT2D eigenvalue weighted by atomic mass is 16.5. The molecule has 126 valence electrons. The first-order valence-corrected chi connectivity index (χ1v) is 9.23. The summed E-state index contributed by atoms with van der Waals surface area (Å²) in [6.07, 6.45) is 7.91. The summed E-state index contributed by atoms with van der Waals surface area (Å²) in [4.78, 5) is 0. The fraction of sp³-hybridized carbons (Fsp3) is 0.700. The standard InChI is InChI=1S/C20H29NO2/c1-14-2-4-19(5-3-14)23-13-18(22)12-21-20-9-15-6-16(10-20)8-17(7-15)11-20/h2-5,15-18,21-22H,6-13H2,1H3. The molecule has 4 saturated carbocycles. The first-order valence-electron chi connectivity index (χ1n) is 9.23. The minimum absolute atomic E-state index is 0.319. The van der Waals surface area contributed by atoms with E-state index in [2.05, 4.69) is 12.2 Å². The smallest absolute Gasteiger partial charge is 0.119 e. The Bertz CT molecular complexity index is 504. The van der Waals surface area contributed by atoms with Crippen molar-refractivity contribution in [1.29, 1.82) is 0 Å². The predicted molar refractivity (Wildman–Crippen MR) is 91.6 cm³/mol. The molecule has 0 aliphatic heterocycles. The molecule has 4 aliphatic carbocycles. The SMILES string of the molecule is Cc1ccc(OCC(O)CNC23CC4CC(CC(C4)C2)C3)cc1. The summed E-state index contributed by atoms with van der Waals surface area (Å²) in [6, 6.07) is 8.01. The lowest BCUT2D eigenvalue weighted by Gasteiger charge is -2.57. The zero-order chi connectivity index (χ0) is 15.9. The lowest BCUT2D eigenvalue weighted by atomic mass is 9.53. The minimum Gasteiger partial charge on any atom is -0.491 e. The zero-order valence-electron chi connectivity index (χ0n) is 14.1. The molecule has 0 aromatic heterocycles. The van der Waals surface area contributed by atoms with Crippen molar-refractivity contribution in [2.75, 3.05) is 13.2 Å². The molecule has 3 heteroatoms. The lowest BCUT2D eigenvalue weighted by Crippen LogP contribution is -2.59. The summed E-state index contributed by atoms with van der Waals surface area (Å²) < 4.78 is 5.70. The van der Waals surface area contributed by atoms with Gasteiger partial charge in [-0.1, -0.05) is 17.7 Å². The summed E-state index contributed by atoms with van der Waals surface area (Å²) in [7, 11) is 0. The topological polar surface area (TPSA) is 41.5 Å². The van der Waals surface area contributed by atoms with Crippen LogP contribution in [0.3, 0.4) is 0 Å². The number of rotatable bonds is 6. The van der Waals surface area contributed by atoms with E-state index >= 15 is 0 Å². The number of ether oxygens (including phenoxy) is 1. The second kappa shape index (κ2) is 6.10. The molecule has 2 N–H and O–H groups in total. The van der Waals surface area contributed by atoms with Crippen molar-refractivity contribution in [2.24, 2.45) is 17.8 Å². The van der Waals surface area contributed by atoms with Crippen LogP contribution in [0.15, 0.2) is 24.3 Å². The van der Waals surface area contributed by atoms with Crippen molar-refractivity contribution >= 4 is 0 Å². The highest BCUT2D eigenvalue weighted by Crippen LogP contribution is 2.55. The Balaban J connectivity index is 1.26. The monoisotopic (exact) mass is 315 g/mol. The van der Waals surface area contributed by atoms with Gasteiger partial charge in [0, 0.05) is 12.1 Å². The molecule has 1 aromatic rings. The molecule has 0 spiro atoms. The van der Waals surface area contributed by atoms with Crippen LogP contribution in [0.2, 0.25) is 0 Å². The minimum atomic E-state index is -0.440. The Morgan fingerprint density at radius 1 is 1.09 bits per heavy atom.